The zero-order chi connectivity index (χ0) is 21.6. The van der Waals surface area contributed by atoms with Crippen molar-refractivity contribution >= 4 is 44.9 Å². The largest absolute Gasteiger partial charge is 0.416 e. The summed E-state index contributed by atoms with van der Waals surface area (Å²) in [6.45, 7) is 1.66. The van der Waals surface area contributed by atoms with Crippen LogP contribution in [0.5, 0.6) is 0 Å². The maximum Gasteiger partial charge on any atom is 0.416 e. The van der Waals surface area contributed by atoms with E-state index in [4.69, 9.17) is 0 Å². The van der Waals surface area contributed by atoms with Crippen LogP contribution in [0.2, 0.25) is 0 Å². The van der Waals surface area contributed by atoms with E-state index in [0.29, 0.717) is 15.4 Å². The first-order valence-corrected chi connectivity index (χ1v) is 11.0. The minimum Gasteiger partial charge on any atom is -0.325 e. The Morgan fingerprint density at radius 2 is 1.97 bits per heavy atom. The van der Waals surface area contributed by atoms with Gasteiger partial charge in [0.2, 0.25) is 5.91 Å². The molecule has 5 nitrogen and oxygen atoms in total. The normalized spacial score (nSPS) is 14.7. The molecular formula is C20H18F3N3O2S2. The number of fused-ring (bicyclic) bond motifs is 3. The number of thioether (sulfide) groups is 1. The summed E-state index contributed by atoms with van der Waals surface area (Å²) in [6.07, 6.45) is -1.51. The average molecular weight is 454 g/mol. The fourth-order valence-electron chi connectivity index (χ4n) is 3.41. The van der Waals surface area contributed by atoms with Gasteiger partial charge in [0.15, 0.2) is 5.16 Å². The lowest BCUT2D eigenvalue weighted by atomic mass is 10.2. The lowest BCUT2D eigenvalue weighted by Gasteiger charge is -2.14. The van der Waals surface area contributed by atoms with Crippen LogP contribution in [0.25, 0.3) is 10.2 Å². The summed E-state index contributed by atoms with van der Waals surface area (Å²) >= 11 is 2.68. The second kappa shape index (κ2) is 7.73. The van der Waals surface area contributed by atoms with E-state index in [1.54, 1.807) is 14.0 Å². The first-order chi connectivity index (χ1) is 14.1. The zero-order valence-corrected chi connectivity index (χ0v) is 17.8. The van der Waals surface area contributed by atoms with Crippen molar-refractivity contribution in [1.82, 2.24) is 9.55 Å². The van der Waals surface area contributed by atoms with Gasteiger partial charge in [-0.2, -0.15) is 13.2 Å². The van der Waals surface area contributed by atoms with Gasteiger partial charge in [-0.3, -0.25) is 14.2 Å². The van der Waals surface area contributed by atoms with Crippen LogP contribution in [-0.4, -0.2) is 20.7 Å². The molecule has 2 aromatic heterocycles. The first kappa shape index (κ1) is 20.9. The molecule has 0 bridgehead atoms. The Morgan fingerprint density at radius 1 is 1.27 bits per heavy atom. The molecule has 10 heteroatoms. The van der Waals surface area contributed by atoms with Gasteiger partial charge in [0.1, 0.15) is 4.83 Å². The first-order valence-electron chi connectivity index (χ1n) is 9.31. The molecule has 1 aromatic carbocycles. The lowest BCUT2D eigenvalue weighted by Crippen LogP contribution is -2.25. The van der Waals surface area contributed by atoms with E-state index >= 15 is 0 Å². The van der Waals surface area contributed by atoms with Crippen LogP contribution < -0.4 is 10.9 Å². The number of benzene rings is 1. The summed E-state index contributed by atoms with van der Waals surface area (Å²) in [5, 5.41) is 3.12. The van der Waals surface area contributed by atoms with E-state index < -0.39 is 17.0 Å². The Kier molecular flexibility index (Phi) is 5.39. The van der Waals surface area contributed by atoms with Gasteiger partial charge in [0.25, 0.3) is 5.56 Å². The molecule has 1 amide bonds. The van der Waals surface area contributed by atoms with E-state index in [2.05, 4.69) is 10.3 Å². The number of hydrogen-bond donors (Lipinski definition) is 1. The molecule has 0 aliphatic heterocycles. The number of anilines is 1. The Morgan fingerprint density at radius 3 is 2.63 bits per heavy atom. The van der Waals surface area contributed by atoms with Crippen molar-refractivity contribution in [3.05, 3.63) is 50.6 Å². The number of rotatable bonds is 4. The number of carbonyl (C=O) groups excluding carboxylic acids is 1. The number of hydrogen-bond acceptors (Lipinski definition) is 5. The van der Waals surface area contributed by atoms with Crippen LogP contribution in [0, 0.1) is 0 Å². The van der Waals surface area contributed by atoms with Crippen molar-refractivity contribution in [2.24, 2.45) is 7.05 Å². The highest BCUT2D eigenvalue weighted by atomic mass is 32.2. The van der Waals surface area contributed by atoms with E-state index in [-0.39, 0.29) is 17.2 Å². The highest BCUT2D eigenvalue weighted by Crippen LogP contribution is 2.36. The highest BCUT2D eigenvalue weighted by molar-refractivity contribution is 8.00. The number of alkyl halides is 3. The van der Waals surface area contributed by atoms with Crippen molar-refractivity contribution < 1.29 is 18.0 Å². The molecule has 2 heterocycles. The number of halogens is 3. The molecule has 0 spiro atoms. The maximum absolute atomic E-state index is 12.8. The third-order valence-electron chi connectivity index (χ3n) is 5.04. The molecule has 1 atom stereocenters. The SMILES string of the molecule is CC(Sc1nc2sc3c(c2c(=O)n1C)CCC3)C(=O)Nc1ccc(C(F)(F)F)cc1. The fraction of sp³-hybridized carbons (Fsp3) is 0.350. The van der Waals surface area contributed by atoms with Gasteiger partial charge in [0.05, 0.1) is 16.2 Å². The summed E-state index contributed by atoms with van der Waals surface area (Å²) in [6, 6.07) is 4.27. The Labute approximate surface area is 178 Å². The molecule has 158 valence electrons. The fourth-order valence-corrected chi connectivity index (χ4v) is 5.59. The van der Waals surface area contributed by atoms with Gasteiger partial charge in [-0.25, -0.2) is 4.98 Å². The van der Waals surface area contributed by atoms with Crippen LogP contribution in [0.1, 0.15) is 29.3 Å². The minimum atomic E-state index is -4.43. The number of aryl methyl sites for hydroxylation is 2. The van der Waals surface area contributed by atoms with Crippen molar-refractivity contribution in [2.75, 3.05) is 5.32 Å². The molecule has 1 N–H and O–H groups in total. The third-order valence-corrected chi connectivity index (χ3v) is 7.37. The average Bonchev–Trinajstić information content (AvgIpc) is 3.26. The highest BCUT2D eigenvalue weighted by Gasteiger charge is 2.30. The Balaban J connectivity index is 1.51. The molecule has 0 saturated heterocycles. The molecule has 3 aromatic rings. The van der Waals surface area contributed by atoms with Crippen LogP contribution >= 0.6 is 23.1 Å². The molecule has 1 aliphatic carbocycles. The van der Waals surface area contributed by atoms with Crippen molar-refractivity contribution in [3.63, 3.8) is 0 Å². The van der Waals surface area contributed by atoms with Gasteiger partial charge >= 0.3 is 6.18 Å². The van der Waals surface area contributed by atoms with Crippen LogP contribution in [-0.2, 0) is 30.9 Å². The van der Waals surface area contributed by atoms with Gasteiger partial charge in [-0.1, -0.05) is 11.8 Å². The quantitative estimate of drug-likeness (QED) is 0.463. The zero-order valence-electron chi connectivity index (χ0n) is 16.2. The van der Waals surface area contributed by atoms with Crippen LogP contribution in [0.4, 0.5) is 18.9 Å². The standard InChI is InChI=1S/C20H18F3N3O2S2/c1-10(16(27)24-12-8-6-11(7-9-12)20(21,22)23)29-19-25-17-15(18(28)26(19)2)13-4-3-5-14(13)30-17/h6-10H,3-5H2,1-2H3,(H,24,27). The molecule has 4 rings (SSSR count). The van der Waals surface area contributed by atoms with Crippen LogP contribution in [0.15, 0.2) is 34.2 Å². The molecule has 1 aliphatic rings. The number of nitrogens with one attached hydrogen (secondary N) is 1. The second-order valence-corrected chi connectivity index (χ2v) is 9.51. The molecular weight excluding hydrogens is 435 g/mol. The molecule has 0 fully saturated rings. The Hall–Kier alpha value is -2.33. The molecule has 0 saturated carbocycles. The smallest absolute Gasteiger partial charge is 0.325 e. The van der Waals surface area contributed by atoms with Gasteiger partial charge in [0, 0.05) is 17.6 Å². The van der Waals surface area contributed by atoms with Gasteiger partial charge in [-0.15, -0.1) is 11.3 Å². The minimum absolute atomic E-state index is 0.114. The molecule has 1 unspecified atom stereocenters. The van der Waals surface area contributed by atoms with E-state index in [1.807, 2.05) is 0 Å². The molecule has 30 heavy (non-hydrogen) atoms. The number of thiophene rings is 1. The van der Waals surface area contributed by atoms with E-state index in [9.17, 15) is 22.8 Å². The van der Waals surface area contributed by atoms with Crippen molar-refractivity contribution in [2.45, 2.75) is 42.8 Å². The molecule has 0 radical (unpaired) electrons. The lowest BCUT2D eigenvalue weighted by molar-refractivity contribution is -0.137. The number of carbonyl (C=O) groups is 1. The van der Waals surface area contributed by atoms with E-state index in [0.717, 1.165) is 48.7 Å². The van der Waals surface area contributed by atoms with Crippen molar-refractivity contribution in [1.29, 1.82) is 0 Å². The number of nitrogens with zero attached hydrogens (tertiary/aromatic N) is 2. The van der Waals surface area contributed by atoms with Crippen molar-refractivity contribution in [3.8, 4) is 0 Å². The second-order valence-electron chi connectivity index (χ2n) is 7.12. The maximum atomic E-state index is 12.8. The summed E-state index contributed by atoms with van der Waals surface area (Å²) in [7, 11) is 1.64. The van der Waals surface area contributed by atoms with Crippen LogP contribution in [0.3, 0.4) is 0 Å². The summed E-state index contributed by atoms with van der Waals surface area (Å²) in [5.74, 6) is -0.386. The van der Waals surface area contributed by atoms with Gasteiger partial charge < -0.3 is 5.32 Å². The monoisotopic (exact) mass is 453 g/mol. The summed E-state index contributed by atoms with van der Waals surface area (Å²) in [4.78, 5) is 31.9. The topological polar surface area (TPSA) is 64.0 Å². The summed E-state index contributed by atoms with van der Waals surface area (Å²) < 4.78 is 39.4. The van der Waals surface area contributed by atoms with Gasteiger partial charge in [-0.05, 0) is 56.0 Å². The Bertz CT molecular complexity index is 1180. The predicted octanol–water partition coefficient (Wildman–Crippen LogP) is 4.62. The number of aromatic nitrogens is 2. The number of amides is 1. The summed E-state index contributed by atoms with van der Waals surface area (Å²) in [5.41, 5.74) is 0.482. The third kappa shape index (κ3) is 3.85. The van der Waals surface area contributed by atoms with E-state index in [1.165, 1.54) is 32.9 Å². The predicted molar refractivity (Wildman–Crippen MR) is 112 cm³/mol.